The molecule has 0 aliphatic rings. The van der Waals surface area contributed by atoms with E-state index in [0.717, 1.165) is 24.3 Å². The number of halogens is 1. The Kier molecular flexibility index (Phi) is 11.7. The lowest BCUT2D eigenvalue weighted by Crippen LogP contribution is -2.06. The summed E-state index contributed by atoms with van der Waals surface area (Å²) in [6.07, 6.45) is 0. The molecule has 0 unspecified atom stereocenters. The van der Waals surface area contributed by atoms with Crippen LogP contribution in [0.2, 0.25) is 5.28 Å². The van der Waals surface area contributed by atoms with Crippen molar-refractivity contribution in [3.05, 3.63) is 65.9 Å². The van der Waals surface area contributed by atoms with E-state index in [1.165, 1.54) is 36.4 Å². The number of hydrogen-bond acceptors (Lipinski definition) is 21. The summed E-state index contributed by atoms with van der Waals surface area (Å²) >= 11 is 6.96. The van der Waals surface area contributed by atoms with Gasteiger partial charge in [-0.25, -0.2) is 10.5 Å². The van der Waals surface area contributed by atoms with E-state index in [2.05, 4.69) is 54.6 Å². The summed E-state index contributed by atoms with van der Waals surface area (Å²) < 4.78 is 75.2. The Morgan fingerprint density at radius 3 is 2.04 bits per heavy atom. The van der Waals surface area contributed by atoms with Crippen molar-refractivity contribution in [1.82, 2.24) is 15.0 Å². The van der Waals surface area contributed by atoms with E-state index < -0.39 is 30.9 Å². The number of fused-ring (bicyclic) bond motifs is 1. The van der Waals surface area contributed by atoms with Crippen molar-refractivity contribution in [2.45, 2.75) is 19.6 Å². The zero-order chi connectivity index (χ0) is 36.9. The van der Waals surface area contributed by atoms with Crippen LogP contribution in [0.15, 0.2) is 90.5 Å². The first-order valence-electron chi connectivity index (χ1n) is 13.0. The highest BCUT2D eigenvalue weighted by atomic mass is 35.5. The molecular weight excluding hydrogens is 786 g/mol. The second-order valence-corrected chi connectivity index (χ2v) is 14.1. The Labute approximate surface area is 298 Å². The lowest BCUT2D eigenvalue weighted by Gasteiger charge is -2.15. The average Bonchev–Trinajstić information content (AvgIpc) is 3.06. The van der Waals surface area contributed by atoms with Crippen LogP contribution in [0.4, 0.5) is 34.6 Å². The van der Waals surface area contributed by atoms with Gasteiger partial charge >= 0.3 is 0 Å². The van der Waals surface area contributed by atoms with Gasteiger partial charge in [-0.3, -0.25) is 9.11 Å². The van der Waals surface area contributed by atoms with Gasteiger partial charge in [0.05, 0.1) is 44.5 Å². The maximum Gasteiger partial charge on any atom is 0.294 e. The quantitative estimate of drug-likeness (QED) is 0.0199. The molecule has 51 heavy (non-hydrogen) atoms. The summed E-state index contributed by atoms with van der Waals surface area (Å²) in [6, 6.07) is 11.8. The summed E-state index contributed by atoms with van der Waals surface area (Å²) in [5.41, 5.74) is -0.517. The van der Waals surface area contributed by atoms with Gasteiger partial charge in [0, 0.05) is 16.0 Å². The van der Waals surface area contributed by atoms with Crippen molar-refractivity contribution in [2.75, 3.05) is 10.6 Å². The number of azo groups is 1. The molecule has 0 spiro atoms. The monoisotopic (exact) mass is 803 g/mol. The smallest absolute Gasteiger partial charge is 0.294 e. The maximum atomic E-state index is 12.2. The molecule has 0 amide bonds. The SMILES string of the molecule is O=S(=O)(O)c1ccc(Nc2nc(Cl)nc(Nc3cc(S(=O)(=O)O)cc4cc(SOOO)c(N=Nc5cc(SOOO)ccc5O)c(O)c34)n2)cc1. The zero-order valence-corrected chi connectivity index (χ0v) is 28.5. The molecule has 268 valence electrons. The fraction of sp³-hybridized carbons (Fsp3) is 0. The van der Waals surface area contributed by atoms with Crippen LogP contribution in [0.25, 0.3) is 10.8 Å². The van der Waals surface area contributed by atoms with Gasteiger partial charge in [-0.15, -0.1) is 18.9 Å². The molecule has 0 saturated carbocycles. The summed E-state index contributed by atoms with van der Waals surface area (Å²) in [5.74, 6) is -1.58. The van der Waals surface area contributed by atoms with Gasteiger partial charge in [-0.05, 0) is 77.7 Å². The minimum absolute atomic E-state index is 0.0621. The third-order valence-electron chi connectivity index (χ3n) is 6.20. The number of benzene rings is 4. The van der Waals surface area contributed by atoms with E-state index in [-0.39, 0.29) is 71.1 Å². The Balaban J connectivity index is 1.61. The molecule has 0 aliphatic carbocycles. The third-order valence-corrected chi connectivity index (χ3v) is 9.27. The summed E-state index contributed by atoms with van der Waals surface area (Å²) in [5, 5.41) is 59.0. The van der Waals surface area contributed by atoms with Crippen LogP contribution >= 0.6 is 35.7 Å². The molecule has 0 bridgehead atoms. The van der Waals surface area contributed by atoms with Gasteiger partial charge in [0.2, 0.25) is 17.2 Å². The molecule has 0 fully saturated rings. The molecule has 0 aliphatic heterocycles. The Hall–Kier alpha value is -4.48. The number of aromatic nitrogens is 3. The molecule has 5 rings (SSSR count). The van der Waals surface area contributed by atoms with Crippen molar-refractivity contribution in [3.63, 3.8) is 0 Å². The van der Waals surface area contributed by atoms with Crippen LogP contribution in [-0.2, 0) is 39.0 Å². The topological polar surface area (TPSA) is 314 Å². The molecule has 26 heteroatoms. The lowest BCUT2D eigenvalue weighted by atomic mass is 10.1. The van der Waals surface area contributed by atoms with Gasteiger partial charge in [0.15, 0.2) is 5.75 Å². The first kappa shape index (κ1) is 37.8. The fourth-order valence-electron chi connectivity index (χ4n) is 4.13. The summed E-state index contributed by atoms with van der Waals surface area (Å²) in [7, 11) is -9.34. The van der Waals surface area contributed by atoms with E-state index >= 15 is 0 Å². The van der Waals surface area contributed by atoms with Gasteiger partial charge in [0.1, 0.15) is 17.1 Å². The highest BCUT2D eigenvalue weighted by Gasteiger charge is 2.23. The first-order valence-corrected chi connectivity index (χ1v) is 17.8. The Bertz CT molecular complexity index is 2360. The Morgan fingerprint density at radius 2 is 1.39 bits per heavy atom. The average molecular weight is 804 g/mol. The number of nitrogens with one attached hydrogen (secondary N) is 2. The van der Waals surface area contributed by atoms with E-state index in [1.54, 1.807) is 0 Å². The van der Waals surface area contributed by atoms with Crippen LogP contribution in [0.1, 0.15) is 0 Å². The number of aromatic hydroxyl groups is 2. The second kappa shape index (κ2) is 15.8. The first-order chi connectivity index (χ1) is 24.2. The highest BCUT2D eigenvalue weighted by molar-refractivity contribution is 7.95. The van der Waals surface area contributed by atoms with Crippen LogP contribution in [0.3, 0.4) is 0 Å². The summed E-state index contributed by atoms with van der Waals surface area (Å²) in [4.78, 5) is 11.2. The van der Waals surface area contributed by atoms with E-state index in [9.17, 15) is 36.2 Å². The van der Waals surface area contributed by atoms with Gasteiger partial charge in [0.25, 0.3) is 20.2 Å². The second-order valence-electron chi connectivity index (χ2n) is 9.42. The lowest BCUT2D eigenvalue weighted by molar-refractivity contribution is -0.432. The van der Waals surface area contributed by atoms with Crippen molar-refractivity contribution >= 4 is 101 Å². The van der Waals surface area contributed by atoms with Crippen molar-refractivity contribution in [3.8, 4) is 11.5 Å². The molecule has 8 N–H and O–H groups in total. The Morgan fingerprint density at radius 1 is 0.745 bits per heavy atom. The van der Waals surface area contributed by atoms with Crippen LogP contribution in [-0.4, -0.2) is 61.6 Å². The third kappa shape index (κ3) is 9.45. The standard InChI is InChI=1S/C25H18ClN7O14S4/c26-23-29-24(27-12-1-4-14(5-2-12)50(38,39)40)31-25(30-23)28-17-10-15(51(41,42)43)7-11-8-19(49-47-45-37)21(22(35)20(11)17)33-32-16-9-13(48-46-44-36)3-6-18(16)34/h1-10,34-37H,(H,38,39,40)(H,41,42,43)(H2,27,28,29,30,31). The van der Waals surface area contributed by atoms with Crippen molar-refractivity contribution in [1.29, 1.82) is 0 Å². The molecule has 21 nitrogen and oxygen atoms in total. The zero-order valence-electron chi connectivity index (χ0n) is 24.5. The number of hydrogen-bond donors (Lipinski definition) is 8. The van der Waals surface area contributed by atoms with Crippen molar-refractivity contribution < 1.29 is 65.4 Å². The molecule has 0 saturated heterocycles. The van der Waals surface area contributed by atoms with Gasteiger partial charge in [-0.2, -0.15) is 31.8 Å². The normalized spacial score (nSPS) is 12.1. The van der Waals surface area contributed by atoms with Crippen molar-refractivity contribution in [2.24, 2.45) is 10.2 Å². The number of nitrogens with zero attached hydrogens (tertiary/aromatic N) is 5. The van der Waals surface area contributed by atoms with E-state index in [4.69, 9.17) is 22.1 Å². The van der Waals surface area contributed by atoms with Gasteiger partial charge < -0.3 is 20.8 Å². The highest BCUT2D eigenvalue weighted by Crippen LogP contribution is 2.48. The minimum Gasteiger partial charge on any atom is -0.506 e. The predicted octanol–water partition coefficient (Wildman–Crippen LogP) is 6.34. The molecule has 0 atom stereocenters. The number of rotatable bonds is 14. The fourth-order valence-corrected chi connectivity index (χ4v) is 6.20. The minimum atomic E-state index is -4.88. The molecule has 4 aromatic carbocycles. The predicted molar refractivity (Wildman–Crippen MR) is 177 cm³/mol. The number of anilines is 4. The largest absolute Gasteiger partial charge is 0.506 e. The molecule has 0 radical (unpaired) electrons. The van der Waals surface area contributed by atoms with Gasteiger partial charge in [-0.1, -0.05) is 10.1 Å². The van der Waals surface area contributed by atoms with Crippen LogP contribution < -0.4 is 10.6 Å². The maximum absolute atomic E-state index is 12.2. The van der Waals surface area contributed by atoms with E-state index in [0.29, 0.717) is 24.1 Å². The van der Waals surface area contributed by atoms with E-state index in [1.807, 2.05) is 0 Å². The molecular formula is C25H18ClN7O14S4. The van der Waals surface area contributed by atoms with Crippen LogP contribution in [0, 0.1) is 0 Å². The summed E-state index contributed by atoms with van der Waals surface area (Å²) in [6.45, 7) is 0. The molecule has 1 aromatic heterocycles. The van der Waals surface area contributed by atoms with Crippen LogP contribution in [0.5, 0.6) is 11.5 Å². The number of phenolic OH excluding ortho intramolecular Hbond substituents is 2. The molecule has 5 aromatic rings. The molecule has 1 heterocycles. The number of phenols is 2.